The molecule has 0 aromatic heterocycles. The summed E-state index contributed by atoms with van der Waals surface area (Å²) in [5, 5.41) is 0. The van der Waals surface area contributed by atoms with E-state index in [1.807, 2.05) is 44.2 Å². The first kappa shape index (κ1) is 19.5. The zero-order chi connectivity index (χ0) is 19.3. The molecule has 0 bridgehead atoms. The summed E-state index contributed by atoms with van der Waals surface area (Å²) in [6, 6.07) is 12.2. The quantitative estimate of drug-likeness (QED) is 0.658. The molecule has 0 unspecified atom stereocenters. The van der Waals surface area contributed by atoms with Crippen LogP contribution >= 0.6 is 0 Å². The molecule has 6 nitrogen and oxygen atoms in total. The van der Waals surface area contributed by atoms with E-state index >= 15 is 0 Å². The van der Waals surface area contributed by atoms with Crippen LogP contribution in [0.4, 0.5) is 10.5 Å². The summed E-state index contributed by atoms with van der Waals surface area (Å²) in [5.41, 5.74) is 9.72. The van der Waals surface area contributed by atoms with Crippen molar-refractivity contribution in [1.82, 2.24) is 0 Å². The maximum atomic E-state index is 12.6. The van der Waals surface area contributed by atoms with Crippen LogP contribution in [0.5, 0.6) is 5.75 Å². The van der Waals surface area contributed by atoms with E-state index in [2.05, 4.69) is 4.74 Å². The summed E-state index contributed by atoms with van der Waals surface area (Å²) >= 11 is 0. The van der Waals surface area contributed by atoms with Gasteiger partial charge in [-0.25, -0.2) is 4.79 Å². The zero-order valence-corrected chi connectivity index (χ0v) is 15.5. The van der Waals surface area contributed by atoms with Crippen molar-refractivity contribution in [2.24, 2.45) is 5.73 Å². The van der Waals surface area contributed by atoms with Crippen LogP contribution in [0, 0.1) is 13.8 Å². The number of hydrogen-bond acceptors (Lipinski definition) is 5. The molecule has 1 amide bonds. The molecule has 0 fully saturated rings. The third kappa shape index (κ3) is 4.61. The largest absolute Gasteiger partial charge is 0.513 e. The number of nitrogens with two attached hydrogens (primary N) is 1. The van der Waals surface area contributed by atoms with Gasteiger partial charge in [-0.15, -0.1) is 0 Å². The maximum absolute atomic E-state index is 12.6. The van der Waals surface area contributed by atoms with Crippen LogP contribution in [0.25, 0.3) is 0 Å². The third-order valence-electron chi connectivity index (χ3n) is 4.25. The van der Waals surface area contributed by atoms with Crippen LogP contribution in [-0.2, 0) is 16.0 Å². The molecule has 26 heavy (non-hydrogen) atoms. The first-order valence-electron chi connectivity index (χ1n) is 8.27. The summed E-state index contributed by atoms with van der Waals surface area (Å²) in [6.45, 7) is 3.79. The predicted octanol–water partition coefficient (Wildman–Crippen LogP) is 2.98. The molecule has 2 N–H and O–H groups in total. The van der Waals surface area contributed by atoms with E-state index in [-0.39, 0.29) is 5.91 Å². The first-order valence-corrected chi connectivity index (χ1v) is 8.27. The van der Waals surface area contributed by atoms with E-state index in [4.69, 9.17) is 10.5 Å². The second-order valence-corrected chi connectivity index (χ2v) is 6.14. The van der Waals surface area contributed by atoms with Crippen LogP contribution in [0.2, 0.25) is 0 Å². The number of amides is 1. The number of rotatable bonds is 5. The summed E-state index contributed by atoms with van der Waals surface area (Å²) in [4.78, 5) is 25.4. The normalized spacial score (nSPS) is 11.6. The number of nitrogens with zero attached hydrogens (tertiary/aromatic N) is 1. The van der Waals surface area contributed by atoms with E-state index in [1.54, 1.807) is 24.1 Å². The highest BCUT2D eigenvalue weighted by Crippen LogP contribution is 2.24. The smallest absolute Gasteiger partial charge is 0.437 e. The fraction of sp³-hybridized carbons (Fsp3) is 0.300. The van der Waals surface area contributed by atoms with Gasteiger partial charge in [0.05, 0.1) is 13.2 Å². The lowest BCUT2D eigenvalue weighted by Gasteiger charge is -2.22. The maximum Gasteiger partial charge on any atom is 0.513 e. The lowest BCUT2D eigenvalue weighted by atomic mass is 9.95. The zero-order valence-electron chi connectivity index (χ0n) is 15.5. The van der Waals surface area contributed by atoms with Crippen molar-refractivity contribution < 1.29 is 19.1 Å². The molecule has 0 aliphatic heterocycles. The molecule has 0 spiro atoms. The predicted molar refractivity (Wildman–Crippen MR) is 100 cm³/mol. The van der Waals surface area contributed by atoms with Crippen molar-refractivity contribution in [3.8, 4) is 5.75 Å². The van der Waals surface area contributed by atoms with Gasteiger partial charge in [-0.3, -0.25) is 4.79 Å². The molecule has 0 saturated carbocycles. The topological polar surface area (TPSA) is 81.9 Å². The van der Waals surface area contributed by atoms with Crippen LogP contribution in [0.3, 0.4) is 0 Å². The molecule has 0 heterocycles. The number of aryl methyl sites for hydroxylation is 2. The molecular weight excluding hydrogens is 332 g/mol. The average Bonchev–Trinajstić information content (AvgIpc) is 2.63. The Kier molecular flexibility index (Phi) is 6.36. The Hall–Kier alpha value is -2.86. The van der Waals surface area contributed by atoms with Crippen molar-refractivity contribution in [3.63, 3.8) is 0 Å². The van der Waals surface area contributed by atoms with Crippen LogP contribution in [0.1, 0.15) is 16.7 Å². The van der Waals surface area contributed by atoms with E-state index < -0.39 is 12.2 Å². The van der Waals surface area contributed by atoms with Gasteiger partial charge in [0.1, 0.15) is 5.75 Å². The molecule has 0 aliphatic carbocycles. The Morgan fingerprint density at radius 3 is 2.23 bits per heavy atom. The Labute approximate surface area is 153 Å². The highest BCUT2D eigenvalue weighted by atomic mass is 16.7. The summed E-state index contributed by atoms with van der Waals surface area (Å²) < 4.78 is 9.56. The summed E-state index contributed by atoms with van der Waals surface area (Å²) in [6.07, 6.45) is -0.375. The molecule has 0 saturated heterocycles. The molecule has 1 atom stereocenters. The van der Waals surface area contributed by atoms with Crippen molar-refractivity contribution >= 4 is 17.7 Å². The first-order chi connectivity index (χ1) is 12.3. The van der Waals surface area contributed by atoms with E-state index in [9.17, 15) is 9.59 Å². The van der Waals surface area contributed by atoms with Gasteiger partial charge in [0.2, 0.25) is 5.91 Å². The molecule has 6 heteroatoms. The number of carbonyl (C=O) groups excluding carboxylic acids is 2. The minimum Gasteiger partial charge on any atom is -0.437 e. The average molecular weight is 356 g/mol. The second kappa shape index (κ2) is 8.49. The Balaban J connectivity index is 2.14. The lowest BCUT2D eigenvalue weighted by Crippen LogP contribution is -2.43. The van der Waals surface area contributed by atoms with E-state index in [0.717, 1.165) is 22.4 Å². The SMILES string of the molecule is COC(=O)Oc1cc(C)c(C[C@@H](N)C(=O)N(C)c2ccccc2)c(C)c1. The van der Waals surface area contributed by atoms with E-state index in [1.165, 1.54) is 7.11 Å². The van der Waals surface area contributed by atoms with Gasteiger partial charge < -0.3 is 20.1 Å². The van der Waals surface area contributed by atoms with Gasteiger partial charge >= 0.3 is 6.16 Å². The number of likely N-dealkylation sites (N-methyl/N-ethyl adjacent to an activating group) is 1. The second-order valence-electron chi connectivity index (χ2n) is 6.14. The minimum atomic E-state index is -0.770. The highest BCUT2D eigenvalue weighted by molar-refractivity contribution is 5.96. The number of ether oxygens (including phenoxy) is 2. The van der Waals surface area contributed by atoms with Crippen molar-refractivity contribution in [1.29, 1.82) is 0 Å². The third-order valence-corrected chi connectivity index (χ3v) is 4.25. The van der Waals surface area contributed by atoms with Gasteiger partial charge in [0, 0.05) is 12.7 Å². The fourth-order valence-electron chi connectivity index (χ4n) is 2.81. The highest BCUT2D eigenvalue weighted by Gasteiger charge is 2.21. The van der Waals surface area contributed by atoms with Crippen LogP contribution < -0.4 is 15.4 Å². The van der Waals surface area contributed by atoms with Gasteiger partial charge in [-0.05, 0) is 61.2 Å². The number of para-hydroxylation sites is 1. The van der Waals surface area contributed by atoms with Gasteiger partial charge in [-0.2, -0.15) is 0 Å². The van der Waals surface area contributed by atoms with Crippen LogP contribution in [-0.4, -0.2) is 32.3 Å². The molecular formula is C20H24N2O4. The van der Waals surface area contributed by atoms with Crippen LogP contribution in [0.15, 0.2) is 42.5 Å². The standard InChI is InChI=1S/C20H24N2O4/c1-13-10-16(26-20(24)25-4)11-14(2)17(13)12-18(21)19(23)22(3)15-8-6-5-7-9-15/h5-11,18H,12,21H2,1-4H3/t18-/m1/s1. The Morgan fingerprint density at radius 1 is 1.12 bits per heavy atom. The number of carbonyl (C=O) groups is 2. The number of anilines is 1. The lowest BCUT2D eigenvalue weighted by molar-refractivity contribution is -0.119. The molecule has 2 aromatic carbocycles. The molecule has 2 aromatic rings. The Morgan fingerprint density at radius 2 is 1.69 bits per heavy atom. The minimum absolute atomic E-state index is 0.162. The van der Waals surface area contributed by atoms with E-state index in [0.29, 0.717) is 12.2 Å². The molecule has 0 radical (unpaired) electrons. The van der Waals surface area contributed by atoms with Gasteiger partial charge in [0.15, 0.2) is 0 Å². The molecule has 138 valence electrons. The summed E-state index contributed by atoms with van der Waals surface area (Å²) in [5.74, 6) is 0.238. The number of benzene rings is 2. The summed E-state index contributed by atoms with van der Waals surface area (Å²) in [7, 11) is 2.97. The fourth-order valence-corrected chi connectivity index (χ4v) is 2.81. The molecule has 0 aliphatic rings. The Bertz CT molecular complexity index is 767. The molecule has 2 rings (SSSR count). The number of methoxy groups -OCH3 is 1. The number of hydrogen-bond donors (Lipinski definition) is 1. The van der Waals surface area contributed by atoms with Gasteiger partial charge in [-0.1, -0.05) is 18.2 Å². The van der Waals surface area contributed by atoms with Gasteiger partial charge in [0.25, 0.3) is 0 Å². The monoisotopic (exact) mass is 356 g/mol. The van der Waals surface area contributed by atoms with Crippen molar-refractivity contribution in [2.45, 2.75) is 26.3 Å². The van der Waals surface area contributed by atoms with Crippen molar-refractivity contribution in [2.75, 3.05) is 19.1 Å². The van der Waals surface area contributed by atoms with Crippen molar-refractivity contribution in [3.05, 3.63) is 59.2 Å².